The molecular weight excluding hydrogens is 436 g/mol. The highest BCUT2D eigenvalue weighted by atomic mass is 32.1. The van der Waals surface area contributed by atoms with Crippen molar-refractivity contribution < 1.29 is 9.84 Å². The Balaban J connectivity index is 1.17. The molecule has 2 fully saturated rings. The van der Waals surface area contributed by atoms with Gasteiger partial charge >= 0.3 is 0 Å². The van der Waals surface area contributed by atoms with Gasteiger partial charge < -0.3 is 14.7 Å². The van der Waals surface area contributed by atoms with E-state index in [1.807, 2.05) is 34.9 Å². The predicted molar refractivity (Wildman–Crippen MR) is 126 cm³/mol. The van der Waals surface area contributed by atoms with E-state index in [1.165, 1.54) is 37.1 Å². The van der Waals surface area contributed by atoms with Gasteiger partial charge in [-0.3, -0.25) is 4.40 Å². The number of aliphatic hydroxyl groups excluding tert-OH is 1. The van der Waals surface area contributed by atoms with E-state index in [9.17, 15) is 5.11 Å². The van der Waals surface area contributed by atoms with Crippen molar-refractivity contribution in [3.8, 4) is 11.4 Å². The topological polar surface area (TPSA) is 80.7 Å². The Morgan fingerprint density at radius 2 is 2.06 bits per heavy atom. The zero-order chi connectivity index (χ0) is 22.4. The molecule has 2 atom stereocenters. The summed E-state index contributed by atoms with van der Waals surface area (Å²) in [5, 5.41) is 19.7. The lowest BCUT2D eigenvalue weighted by molar-refractivity contribution is 0.150. The third kappa shape index (κ3) is 4.16. The summed E-state index contributed by atoms with van der Waals surface area (Å²) in [7, 11) is 2.17. The number of thiazole rings is 1. The molecule has 33 heavy (non-hydrogen) atoms. The summed E-state index contributed by atoms with van der Waals surface area (Å²) >= 11 is 1.71. The lowest BCUT2D eigenvalue weighted by Crippen LogP contribution is -2.34. The number of aliphatic hydroxyl groups is 1. The van der Waals surface area contributed by atoms with Crippen molar-refractivity contribution in [1.29, 1.82) is 0 Å². The van der Waals surface area contributed by atoms with Crippen LogP contribution in [0.15, 0.2) is 43.0 Å². The van der Waals surface area contributed by atoms with E-state index in [0.29, 0.717) is 17.5 Å². The van der Waals surface area contributed by atoms with Crippen molar-refractivity contribution >= 4 is 16.2 Å². The second kappa shape index (κ2) is 8.55. The summed E-state index contributed by atoms with van der Waals surface area (Å²) in [6.45, 7) is 3.03. The molecule has 8 nitrogen and oxygen atoms in total. The molecule has 0 radical (unpaired) electrons. The number of rotatable bonds is 7. The molecule has 1 aliphatic carbocycles. The Morgan fingerprint density at radius 1 is 1.21 bits per heavy atom. The summed E-state index contributed by atoms with van der Waals surface area (Å²) in [6.07, 6.45) is 9.40. The highest BCUT2D eigenvalue weighted by Gasteiger charge is 2.33. The van der Waals surface area contributed by atoms with Gasteiger partial charge in [-0.25, -0.2) is 9.67 Å². The first-order valence-corrected chi connectivity index (χ1v) is 12.4. The fourth-order valence-electron chi connectivity index (χ4n) is 4.71. The molecule has 3 aromatic heterocycles. The maximum Gasteiger partial charge on any atom is 0.141 e. The van der Waals surface area contributed by atoms with Gasteiger partial charge in [0.25, 0.3) is 0 Å². The number of likely N-dealkylation sites (tertiary alicyclic amines) is 1. The molecule has 2 unspecified atom stereocenters. The summed E-state index contributed by atoms with van der Waals surface area (Å²) in [5.41, 5.74) is 2.29. The fraction of sp³-hybridized carbons (Fsp3) is 0.458. The Kier molecular flexibility index (Phi) is 5.40. The Labute approximate surface area is 196 Å². The van der Waals surface area contributed by atoms with Gasteiger partial charge in [0.15, 0.2) is 0 Å². The number of benzene rings is 1. The molecule has 0 amide bonds. The summed E-state index contributed by atoms with van der Waals surface area (Å²) in [5.74, 6) is 1.99. The monoisotopic (exact) mass is 464 g/mol. The minimum atomic E-state index is -0.839. The molecule has 1 saturated carbocycles. The normalized spacial score (nSPS) is 20.4. The maximum absolute atomic E-state index is 11.2. The molecule has 0 bridgehead atoms. The van der Waals surface area contributed by atoms with E-state index in [-0.39, 0.29) is 0 Å². The van der Waals surface area contributed by atoms with E-state index in [4.69, 9.17) is 4.74 Å². The van der Waals surface area contributed by atoms with Crippen molar-refractivity contribution in [2.24, 2.45) is 5.92 Å². The van der Waals surface area contributed by atoms with Crippen LogP contribution in [0.4, 0.5) is 0 Å². The molecule has 0 spiro atoms. The third-order valence-corrected chi connectivity index (χ3v) is 7.91. The Bertz CT molecular complexity index is 1240. The SMILES string of the molecule is CN1CCCC(COc2ccc(-n3cc(C(O)c4c(C5CC5)sc5cncn45)nn3)cc2)C1. The van der Waals surface area contributed by atoms with Gasteiger partial charge in [0.05, 0.1) is 30.4 Å². The van der Waals surface area contributed by atoms with Crippen molar-refractivity contribution in [3.05, 3.63) is 59.3 Å². The molecule has 4 aromatic rings. The Morgan fingerprint density at radius 3 is 2.85 bits per heavy atom. The molecular formula is C24H28N6O2S. The van der Waals surface area contributed by atoms with Crippen LogP contribution < -0.4 is 4.74 Å². The molecule has 1 aliphatic heterocycles. The van der Waals surface area contributed by atoms with Gasteiger partial charge in [-0.1, -0.05) is 5.21 Å². The zero-order valence-corrected chi connectivity index (χ0v) is 19.5. The number of piperidine rings is 1. The largest absolute Gasteiger partial charge is 0.493 e. The lowest BCUT2D eigenvalue weighted by Gasteiger charge is -2.29. The van der Waals surface area contributed by atoms with Crippen molar-refractivity contribution in [1.82, 2.24) is 29.3 Å². The minimum absolute atomic E-state index is 0.534. The minimum Gasteiger partial charge on any atom is -0.493 e. The fourth-order valence-corrected chi connectivity index (χ4v) is 6.01. The first-order chi connectivity index (χ1) is 16.2. The average molecular weight is 465 g/mol. The summed E-state index contributed by atoms with van der Waals surface area (Å²) < 4.78 is 9.72. The lowest BCUT2D eigenvalue weighted by atomic mass is 10.00. The van der Waals surface area contributed by atoms with Crippen LogP contribution in [0.5, 0.6) is 5.75 Å². The summed E-state index contributed by atoms with van der Waals surface area (Å²) in [6, 6.07) is 7.89. The van der Waals surface area contributed by atoms with Gasteiger partial charge in [0.2, 0.25) is 0 Å². The molecule has 6 rings (SSSR count). The number of nitrogens with zero attached hydrogens (tertiary/aromatic N) is 6. The van der Waals surface area contributed by atoms with Crippen LogP contribution in [0.25, 0.3) is 10.5 Å². The maximum atomic E-state index is 11.2. The number of fused-ring (bicyclic) bond motifs is 1. The van der Waals surface area contributed by atoms with Gasteiger partial charge in [0.1, 0.15) is 28.7 Å². The predicted octanol–water partition coefficient (Wildman–Crippen LogP) is 3.66. The van der Waals surface area contributed by atoms with Crippen molar-refractivity contribution in [2.45, 2.75) is 37.7 Å². The van der Waals surface area contributed by atoms with E-state index in [1.54, 1.807) is 28.5 Å². The average Bonchev–Trinajstić information content (AvgIpc) is 3.21. The van der Waals surface area contributed by atoms with E-state index in [0.717, 1.165) is 35.1 Å². The molecule has 2 aliphatic rings. The smallest absolute Gasteiger partial charge is 0.141 e. The molecule has 4 heterocycles. The van der Waals surface area contributed by atoms with Crippen LogP contribution in [0, 0.1) is 5.92 Å². The second-order valence-corrected chi connectivity index (χ2v) is 10.4. The Hall–Kier alpha value is -2.75. The first kappa shape index (κ1) is 20.8. The standard InChI is InChI=1S/C24H28N6O2S/c1-28-10-2-3-16(12-28)14-32-19-8-6-18(7-9-19)30-13-20(26-27-30)23(31)22-24(17-4-5-17)33-21-11-25-15-29(21)22/h6-9,11,13,15-17,23,31H,2-5,10,12,14H2,1H3. The van der Waals surface area contributed by atoms with Crippen LogP contribution in [0.1, 0.15) is 54.0 Å². The van der Waals surface area contributed by atoms with Gasteiger partial charge in [-0.05, 0) is 69.5 Å². The van der Waals surface area contributed by atoms with Crippen LogP contribution in [0.3, 0.4) is 0 Å². The van der Waals surface area contributed by atoms with Crippen LogP contribution in [-0.4, -0.2) is 61.1 Å². The number of ether oxygens (including phenoxy) is 1. The van der Waals surface area contributed by atoms with Gasteiger partial charge in [-0.2, -0.15) is 0 Å². The number of hydrogen-bond acceptors (Lipinski definition) is 7. The quantitative estimate of drug-likeness (QED) is 0.450. The molecule has 1 saturated heterocycles. The van der Waals surface area contributed by atoms with Crippen molar-refractivity contribution in [3.63, 3.8) is 0 Å². The molecule has 172 valence electrons. The van der Waals surface area contributed by atoms with E-state index in [2.05, 4.69) is 27.2 Å². The number of aromatic nitrogens is 5. The van der Waals surface area contributed by atoms with E-state index < -0.39 is 6.10 Å². The third-order valence-electron chi connectivity index (χ3n) is 6.64. The number of hydrogen-bond donors (Lipinski definition) is 1. The van der Waals surface area contributed by atoms with Gasteiger partial charge in [-0.15, -0.1) is 16.4 Å². The highest BCUT2D eigenvalue weighted by Crippen LogP contribution is 2.47. The van der Waals surface area contributed by atoms with E-state index >= 15 is 0 Å². The van der Waals surface area contributed by atoms with Crippen LogP contribution >= 0.6 is 11.3 Å². The molecule has 1 aromatic carbocycles. The highest BCUT2D eigenvalue weighted by molar-refractivity contribution is 7.17. The first-order valence-electron chi connectivity index (χ1n) is 11.6. The summed E-state index contributed by atoms with van der Waals surface area (Å²) in [4.78, 5) is 8.90. The van der Waals surface area contributed by atoms with Crippen LogP contribution in [0.2, 0.25) is 0 Å². The van der Waals surface area contributed by atoms with Gasteiger partial charge in [0, 0.05) is 17.3 Å². The van der Waals surface area contributed by atoms with Crippen LogP contribution in [-0.2, 0) is 0 Å². The number of imidazole rings is 1. The molecule has 9 heteroatoms. The second-order valence-electron chi connectivity index (χ2n) is 9.29. The molecule has 1 N–H and O–H groups in total. The van der Waals surface area contributed by atoms with Crippen molar-refractivity contribution in [2.75, 3.05) is 26.7 Å². The zero-order valence-electron chi connectivity index (χ0n) is 18.7.